The Morgan fingerprint density at radius 3 is 2.50 bits per heavy atom. The lowest BCUT2D eigenvalue weighted by atomic mass is 9.98. The highest BCUT2D eigenvalue weighted by atomic mass is 15.4. The molecular formula is C10H20N6. The lowest BCUT2D eigenvalue weighted by molar-refractivity contribution is 0.195. The van der Waals surface area contributed by atoms with Crippen LogP contribution in [0.2, 0.25) is 0 Å². The molecule has 6 nitrogen and oxygen atoms in total. The van der Waals surface area contributed by atoms with Gasteiger partial charge in [0.2, 0.25) is 5.96 Å². The summed E-state index contributed by atoms with van der Waals surface area (Å²) in [4.78, 5) is 13.4. The molecule has 2 heterocycles. The van der Waals surface area contributed by atoms with E-state index in [-0.39, 0.29) is 5.66 Å². The number of hydrogen-bond donors (Lipinski definition) is 2. The molecule has 0 aromatic heterocycles. The van der Waals surface area contributed by atoms with Crippen LogP contribution in [-0.4, -0.2) is 61.6 Å². The van der Waals surface area contributed by atoms with Gasteiger partial charge in [0.15, 0.2) is 11.6 Å². The Kier molecular flexibility index (Phi) is 2.75. The average molecular weight is 224 g/mol. The molecule has 2 aliphatic rings. The summed E-state index contributed by atoms with van der Waals surface area (Å²) >= 11 is 0. The first-order valence-electron chi connectivity index (χ1n) is 5.59. The first-order valence-corrected chi connectivity index (χ1v) is 5.59. The topological polar surface area (TPSA) is 69.2 Å². The minimum absolute atomic E-state index is 0.332. The molecule has 1 fully saturated rings. The summed E-state index contributed by atoms with van der Waals surface area (Å²) in [7, 11) is 6.03. The number of nitrogens with two attached hydrogens (primary N) is 1. The fourth-order valence-corrected chi connectivity index (χ4v) is 2.03. The minimum atomic E-state index is -0.332. The molecule has 0 unspecified atom stereocenters. The molecule has 0 aromatic carbocycles. The van der Waals surface area contributed by atoms with Crippen LogP contribution in [0.15, 0.2) is 9.98 Å². The highest BCUT2D eigenvalue weighted by molar-refractivity contribution is 5.99. The van der Waals surface area contributed by atoms with E-state index in [4.69, 9.17) is 10.7 Å². The summed E-state index contributed by atoms with van der Waals surface area (Å²) in [5, 5.41) is 2.99. The SMILES string of the molecule is CN1CCC2(CC1)N=C(N)NC(N(C)C)=N2. The molecule has 0 amide bonds. The van der Waals surface area contributed by atoms with Gasteiger partial charge in [0.05, 0.1) is 0 Å². The molecular weight excluding hydrogens is 204 g/mol. The molecule has 6 heteroatoms. The molecule has 0 bridgehead atoms. The Hall–Kier alpha value is -1.30. The van der Waals surface area contributed by atoms with Crippen molar-refractivity contribution in [2.24, 2.45) is 15.7 Å². The fourth-order valence-electron chi connectivity index (χ4n) is 2.03. The Labute approximate surface area is 96.2 Å². The quantitative estimate of drug-likeness (QED) is 0.568. The lowest BCUT2D eigenvalue weighted by Crippen LogP contribution is -2.53. The van der Waals surface area contributed by atoms with Crippen LogP contribution in [0.25, 0.3) is 0 Å². The lowest BCUT2D eigenvalue weighted by Gasteiger charge is -2.38. The monoisotopic (exact) mass is 224 g/mol. The summed E-state index contributed by atoms with van der Waals surface area (Å²) in [6.07, 6.45) is 1.87. The molecule has 16 heavy (non-hydrogen) atoms. The van der Waals surface area contributed by atoms with Gasteiger partial charge < -0.3 is 15.5 Å². The highest BCUT2D eigenvalue weighted by Gasteiger charge is 2.36. The number of nitrogens with zero attached hydrogens (tertiary/aromatic N) is 4. The normalized spacial score (nSPS) is 24.7. The molecule has 0 aromatic rings. The molecule has 90 valence electrons. The van der Waals surface area contributed by atoms with Crippen LogP contribution in [0, 0.1) is 0 Å². The standard InChI is InChI=1S/C10H20N6/c1-15(2)9-12-8(11)13-10(14-9)4-6-16(3)7-5-10/h4-7H2,1-3H3,(H3,11,12,13,14). The second-order valence-electron chi connectivity index (χ2n) is 4.74. The van der Waals surface area contributed by atoms with Gasteiger partial charge in [0.1, 0.15) is 0 Å². The predicted molar refractivity (Wildman–Crippen MR) is 65.3 cm³/mol. The van der Waals surface area contributed by atoms with E-state index in [0.29, 0.717) is 5.96 Å². The van der Waals surface area contributed by atoms with E-state index in [2.05, 4.69) is 22.3 Å². The minimum Gasteiger partial charge on any atom is -0.370 e. The van der Waals surface area contributed by atoms with E-state index in [9.17, 15) is 0 Å². The van der Waals surface area contributed by atoms with Gasteiger partial charge in [0, 0.05) is 40.0 Å². The third-order valence-electron chi connectivity index (χ3n) is 3.09. The van der Waals surface area contributed by atoms with Crippen LogP contribution < -0.4 is 11.1 Å². The molecule has 1 spiro atoms. The summed E-state index contributed by atoms with van der Waals surface area (Å²) in [6, 6.07) is 0. The van der Waals surface area contributed by atoms with E-state index in [1.807, 2.05) is 19.0 Å². The van der Waals surface area contributed by atoms with Crippen LogP contribution in [-0.2, 0) is 0 Å². The Balaban J connectivity index is 2.22. The van der Waals surface area contributed by atoms with Crippen molar-refractivity contribution in [3.63, 3.8) is 0 Å². The maximum Gasteiger partial charge on any atom is 0.202 e. The van der Waals surface area contributed by atoms with Gasteiger partial charge in [-0.05, 0) is 7.05 Å². The van der Waals surface area contributed by atoms with Crippen molar-refractivity contribution in [3.8, 4) is 0 Å². The fraction of sp³-hybridized carbons (Fsp3) is 0.800. The third kappa shape index (κ3) is 2.11. The first-order chi connectivity index (χ1) is 7.51. The largest absolute Gasteiger partial charge is 0.370 e. The van der Waals surface area contributed by atoms with E-state index >= 15 is 0 Å². The van der Waals surface area contributed by atoms with Crippen molar-refractivity contribution in [1.82, 2.24) is 15.1 Å². The van der Waals surface area contributed by atoms with Crippen molar-refractivity contribution in [3.05, 3.63) is 0 Å². The van der Waals surface area contributed by atoms with Crippen molar-refractivity contribution in [2.45, 2.75) is 18.5 Å². The van der Waals surface area contributed by atoms with Crippen LogP contribution in [0.3, 0.4) is 0 Å². The zero-order valence-corrected chi connectivity index (χ0v) is 10.2. The highest BCUT2D eigenvalue weighted by Crippen LogP contribution is 2.28. The summed E-state index contributed by atoms with van der Waals surface area (Å²) in [5.74, 6) is 1.28. The van der Waals surface area contributed by atoms with Gasteiger partial charge in [-0.3, -0.25) is 5.32 Å². The smallest absolute Gasteiger partial charge is 0.202 e. The van der Waals surface area contributed by atoms with E-state index in [1.54, 1.807) is 0 Å². The van der Waals surface area contributed by atoms with Crippen LogP contribution in [0.1, 0.15) is 12.8 Å². The molecule has 0 radical (unpaired) electrons. The summed E-state index contributed by atoms with van der Waals surface area (Å²) in [6.45, 7) is 2.03. The molecule has 3 N–H and O–H groups in total. The second-order valence-corrected chi connectivity index (χ2v) is 4.74. The van der Waals surface area contributed by atoms with E-state index in [0.717, 1.165) is 31.9 Å². The number of guanidine groups is 2. The predicted octanol–water partition coefficient (Wildman–Crippen LogP) is -0.756. The Morgan fingerprint density at radius 2 is 1.94 bits per heavy atom. The molecule has 1 saturated heterocycles. The number of piperidine rings is 1. The van der Waals surface area contributed by atoms with Gasteiger partial charge in [0.25, 0.3) is 0 Å². The van der Waals surface area contributed by atoms with Crippen LogP contribution >= 0.6 is 0 Å². The number of likely N-dealkylation sites (tertiary alicyclic amines) is 1. The van der Waals surface area contributed by atoms with Gasteiger partial charge in [-0.15, -0.1) is 0 Å². The van der Waals surface area contributed by atoms with Crippen molar-refractivity contribution < 1.29 is 0 Å². The molecule has 0 atom stereocenters. The molecule has 0 aliphatic carbocycles. The first kappa shape index (κ1) is 11.2. The second kappa shape index (κ2) is 3.93. The average Bonchev–Trinajstić information content (AvgIpc) is 2.22. The van der Waals surface area contributed by atoms with Gasteiger partial charge >= 0.3 is 0 Å². The number of aliphatic imine (C=N–C) groups is 2. The third-order valence-corrected chi connectivity index (χ3v) is 3.09. The van der Waals surface area contributed by atoms with E-state index in [1.165, 1.54) is 0 Å². The summed E-state index contributed by atoms with van der Waals surface area (Å²) < 4.78 is 0. The molecule has 0 saturated carbocycles. The maximum absolute atomic E-state index is 5.82. The van der Waals surface area contributed by atoms with Crippen LogP contribution in [0.4, 0.5) is 0 Å². The number of rotatable bonds is 0. The van der Waals surface area contributed by atoms with E-state index < -0.39 is 0 Å². The zero-order valence-electron chi connectivity index (χ0n) is 10.2. The summed E-state index contributed by atoms with van der Waals surface area (Å²) in [5.41, 5.74) is 5.49. The molecule has 2 rings (SSSR count). The zero-order chi connectivity index (χ0) is 11.8. The maximum atomic E-state index is 5.82. The van der Waals surface area contributed by atoms with Crippen molar-refractivity contribution in [1.29, 1.82) is 0 Å². The van der Waals surface area contributed by atoms with Crippen molar-refractivity contribution in [2.75, 3.05) is 34.2 Å². The van der Waals surface area contributed by atoms with Gasteiger partial charge in [-0.2, -0.15) is 0 Å². The Bertz CT molecular complexity index is 324. The number of hydrogen-bond acceptors (Lipinski definition) is 6. The Morgan fingerprint density at radius 1 is 1.31 bits per heavy atom. The van der Waals surface area contributed by atoms with Crippen molar-refractivity contribution >= 4 is 11.9 Å². The van der Waals surface area contributed by atoms with Crippen LogP contribution in [0.5, 0.6) is 0 Å². The molecule has 2 aliphatic heterocycles. The number of nitrogens with one attached hydrogen (secondary N) is 1. The van der Waals surface area contributed by atoms with Gasteiger partial charge in [-0.25, -0.2) is 9.98 Å². The van der Waals surface area contributed by atoms with Gasteiger partial charge in [-0.1, -0.05) is 0 Å².